The van der Waals surface area contributed by atoms with Gasteiger partial charge in [-0.25, -0.2) is 0 Å². The van der Waals surface area contributed by atoms with E-state index in [4.69, 9.17) is 5.73 Å². The largest absolute Gasteiger partial charge is 0.326 e. The first kappa shape index (κ1) is 12.5. The van der Waals surface area contributed by atoms with Gasteiger partial charge in [-0.05, 0) is 37.4 Å². The second-order valence-corrected chi connectivity index (χ2v) is 4.60. The molecule has 1 aliphatic rings. The summed E-state index contributed by atoms with van der Waals surface area (Å²) in [6.45, 7) is 5.18. The molecule has 0 atom stereocenters. The standard InChI is InChI=1S/C13H22N4/c14-9-12-4-5-13(16-10-12)3-1-2-7-17-8-6-15-11-17/h4-5,10,15H,1-3,6-9,11,14H2. The van der Waals surface area contributed by atoms with Crippen LogP contribution in [0.5, 0.6) is 0 Å². The predicted molar refractivity (Wildman–Crippen MR) is 69.5 cm³/mol. The molecular weight excluding hydrogens is 212 g/mol. The summed E-state index contributed by atoms with van der Waals surface area (Å²) in [6.07, 6.45) is 5.43. The maximum atomic E-state index is 5.54. The molecule has 0 bridgehead atoms. The minimum absolute atomic E-state index is 0.579. The average Bonchev–Trinajstić information content (AvgIpc) is 2.88. The number of aryl methyl sites for hydroxylation is 1. The maximum Gasteiger partial charge on any atom is 0.0481 e. The highest BCUT2D eigenvalue weighted by molar-refractivity contribution is 5.13. The molecule has 0 unspecified atom stereocenters. The topological polar surface area (TPSA) is 54.2 Å². The van der Waals surface area contributed by atoms with Crippen molar-refractivity contribution in [3.8, 4) is 0 Å². The molecule has 1 fully saturated rings. The van der Waals surface area contributed by atoms with E-state index in [2.05, 4.69) is 27.3 Å². The van der Waals surface area contributed by atoms with Crippen molar-refractivity contribution in [3.63, 3.8) is 0 Å². The Hall–Kier alpha value is -0.970. The summed E-state index contributed by atoms with van der Waals surface area (Å²) in [5.74, 6) is 0. The first-order valence-electron chi connectivity index (χ1n) is 6.45. The lowest BCUT2D eigenvalue weighted by Gasteiger charge is -2.12. The van der Waals surface area contributed by atoms with Crippen molar-refractivity contribution in [1.82, 2.24) is 15.2 Å². The van der Waals surface area contributed by atoms with Gasteiger partial charge in [0.15, 0.2) is 0 Å². The lowest BCUT2D eigenvalue weighted by molar-refractivity contribution is 0.326. The molecule has 0 amide bonds. The van der Waals surface area contributed by atoms with Crippen LogP contribution in [0.2, 0.25) is 0 Å². The highest BCUT2D eigenvalue weighted by atomic mass is 15.3. The Morgan fingerprint density at radius 2 is 2.29 bits per heavy atom. The third kappa shape index (κ3) is 4.07. The Morgan fingerprint density at radius 3 is 2.94 bits per heavy atom. The average molecular weight is 234 g/mol. The predicted octanol–water partition coefficient (Wildman–Crippen LogP) is 0.726. The van der Waals surface area contributed by atoms with Crippen LogP contribution in [0.25, 0.3) is 0 Å². The van der Waals surface area contributed by atoms with Gasteiger partial charge in [-0.2, -0.15) is 0 Å². The summed E-state index contributed by atoms with van der Waals surface area (Å²) < 4.78 is 0. The second-order valence-electron chi connectivity index (χ2n) is 4.60. The van der Waals surface area contributed by atoms with E-state index in [1.165, 1.54) is 31.6 Å². The molecule has 1 aromatic heterocycles. The third-order valence-electron chi connectivity index (χ3n) is 3.22. The van der Waals surface area contributed by atoms with E-state index < -0.39 is 0 Å². The van der Waals surface area contributed by atoms with Crippen LogP contribution in [0.3, 0.4) is 0 Å². The fourth-order valence-electron chi connectivity index (χ4n) is 2.11. The minimum Gasteiger partial charge on any atom is -0.326 e. The molecule has 4 heteroatoms. The van der Waals surface area contributed by atoms with E-state index in [1.807, 2.05) is 6.20 Å². The molecular formula is C13H22N4. The molecule has 0 aromatic carbocycles. The number of pyridine rings is 1. The molecule has 0 aliphatic carbocycles. The number of rotatable bonds is 6. The summed E-state index contributed by atoms with van der Waals surface area (Å²) in [6, 6.07) is 4.17. The molecule has 3 N–H and O–H groups in total. The van der Waals surface area contributed by atoms with Crippen molar-refractivity contribution < 1.29 is 0 Å². The monoisotopic (exact) mass is 234 g/mol. The molecule has 17 heavy (non-hydrogen) atoms. The molecule has 2 heterocycles. The molecule has 1 saturated heterocycles. The number of aromatic nitrogens is 1. The van der Waals surface area contributed by atoms with E-state index >= 15 is 0 Å². The zero-order chi connectivity index (χ0) is 11.9. The van der Waals surface area contributed by atoms with Crippen LogP contribution >= 0.6 is 0 Å². The molecule has 94 valence electrons. The number of hydrogen-bond acceptors (Lipinski definition) is 4. The summed E-state index contributed by atoms with van der Waals surface area (Å²) in [5.41, 5.74) is 7.83. The fraction of sp³-hybridized carbons (Fsp3) is 0.615. The maximum absolute atomic E-state index is 5.54. The molecule has 2 rings (SSSR count). The van der Waals surface area contributed by atoms with Crippen LogP contribution in [-0.2, 0) is 13.0 Å². The van der Waals surface area contributed by atoms with Gasteiger partial charge in [0.05, 0.1) is 0 Å². The van der Waals surface area contributed by atoms with E-state index in [0.29, 0.717) is 6.54 Å². The van der Waals surface area contributed by atoms with Crippen LogP contribution in [0, 0.1) is 0 Å². The Kier molecular flexibility index (Phi) is 4.91. The summed E-state index contributed by atoms with van der Waals surface area (Å²) >= 11 is 0. The normalized spacial score (nSPS) is 16.5. The Bertz CT molecular complexity index is 317. The fourth-order valence-corrected chi connectivity index (χ4v) is 2.11. The van der Waals surface area contributed by atoms with Gasteiger partial charge in [-0.3, -0.25) is 9.88 Å². The van der Waals surface area contributed by atoms with Gasteiger partial charge in [0, 0.05) is 38.2 Å². The summed E-state index contributed by atoms with van der Waals surface area (Å²) in [4.78, 5) is 6.88. The first-order valence-corrected chi connectivity index (χ1v) is 6.45. The zero-order valence-corrected chi connectivity index (χ0v) is 10.4. The second kappa shape index (κ2) is 6.69. The SMILES string of the molecule is NCc1ccc(CCCCN2CCNC2)nc1. The van der Waals surface area contributed by atoms with E-state index in [1.54, 1.807) is 0 Å². The smallest absolute Gasteiger partial charge is 0.0481 e. The lowest BCUT2D eigenvalue weighted by atomic mass is 10.1. The van der Waals surface area contributed by atoms with Crippen LogP contribution in [-0.4, -0.2) is 36.2 Å². The third-order valence-corrected chi connectivity index (χ3v) is 3.22. The number of unbranched alkanes of at least 4 members (excludes halogenated alkanes) is 1. The number of nitrogens with one attached hydrogen (secondary N) is 1. The quantitative estimate of drug-likeness (QED) is 0.712. The van der Waals surface area contributed by atoms with Crippen LogP contribution in [0.4, 0.5) is 0 Å². The van der Waals surface area contributed by atoms with Gasteiger partial charge < -0.3 is 11.1 Å². The minimum atomic E-state index is 0.579. The molecule has 4 nitrogen and oxygen atoms in total. The number of nitrogens with two attached hydrogens (primary N) is 1. The van der Waals surface area contributed by atoms with Crippen molar-refractivity contribution >= 4 is 0 Å². The first-order chi connectivity index (χ1) is 8.38. The van der Waals surface area contributed by atoms with Gasteiger partial charge in [0.25, 0.3) is 0 Å². The lowest BCUT2D eigenvalue weighted by Crippen LogP contribution is -2.23. The van der Waals surface area contributed by atoms with Gasteiger partial charge >= 0.3 is 0 Å². The molecule has 0 saturated carbocycles. The molecule has 1 aliphatic heterocycles. The number of nitrogens with zero attached hydrogens (tertiary/aromatic N) is 2. The Morgan fingerprint density at radius 1 is 1.35 bits per heavy atom. The van der Waals surface area contributed by atoms with Crippen LogP contribution in [0.15, 0.2) is 18.3 Å². The Labute approximate surface area is 103 Å². The van der Waals surface area contributed by atoms with Gasteiger partial charge in [0.1, 0.15) is 0 Å². The van der Waals surface area contributed by atoms with Crippen molar-refractivity contribution in [2.75, 3.05) is 26.3 Å². The van der Waals surface area contributed by atoms with E-state index in [-0.39, 0.29) is 0 Å². The van der Waals surface area contributed by atoms with Crippen molar-refractivity contribution in [3.05, 3.63) is 29.6 Å². The van der Waals surface area contributed by atoms with Crippen molar-refractivity contribution in [2.24, 2.45) is 5.73 Å². The molecule has 0 spiro atoms. The summed E-state index contributed by atoms with van der Waals surface area (Å²) in [7, 11) is 0. The van der Waals surface area contributed by atoms with Gasteiger partial charge in [-0.1, -0.05) is 6.07 Å². The van der Waals surface area contributed by atoms with Crippen molar-refractivity contribution in [2.45, 2.75) is 25.8 Å². The van der Waals surface area contributed by atoms with Gasteiger partial charge in [-0.15, -0.1) is 0 Å². The zero-order valence-electron chi connectivity index (χ0n) is 10.4. The highest BCUT2D eigenvalue weighted by Crippen LogP contribution is 2.05. The van der Waals surface area contributed by atoms with E-state index in [0.717, 1.165) is 25.2 Å². The van der Waals surface area contributed by atoms with Crippen molar-refractivity contribution in [1.29, 1.82) is 0 Å². The molecule has 1 aromatic rings. The number of hydrogen-bond donors (Lipinski definition) is 2. The molecule has 0 radical (unpaired) electrons. The Balaban J connectivity index is 1.63. The van der Waals surface area contributed by atoms with E-state index in [9.17, 15) is 0 Å². The van der Waals surface area contributed by atoms with Gasteiger partial charge in [0.2, 0.25) is 0 Å². The van der Waals surface area contributed by atoms with Crippen LogP contribution in [0.1, 0.15) is 24.1 Å². The summed E-state index contributed by atoms with van der Waals surface area (Å²) in [5, 5.41) is 3.35. The highest BCUT2D eigenvalue weighted by Gasteiger charge is 2.09. The van der Waals surface area contributed by atoms with Crippen LogP contribution < -0.4 is 11.1 Å².